The maximum absolute atomic E-state index is 12.5. The van der Waals surface area contributed by atoms with Crippen LogP contribution in [-0.2, 0) is 17.6 Å². The van der Waals surface area contributed by atoms with Crippen LogP contribution in [0.5, 0.6) is 11.5 Å². The fraction of sp³-hybridized carbons (Fsp3) is 0.320. The highest BCUT2D eigenvalue weighted by Gasteiger charge is 2.24. The van der Waals surface area contributed by atoms with Gasteiger partial charge in [0.1, 0.15) is 6.10 Å². The van der Waals surface area contributed by atoms with Gasteiger partial charge in [-0.25, -0.2) is 14.2 Å². The molecule has 2 heterocycles. The number of anilines is 1. The van der Waals surface area contributed by atoms with E-state index in [2.05, 4.69) is 20.2 Å². The largest absolute Gasteiger partial charge is 0.490 e. The number of ether oxygens (including phenoxy) is 2. The van der Waals surface area contributed by atoms with Crippen LogP contribution >= 0.6 is 0 Å². The summed E-state index contributed by atoms with van der Waals surface area (Å²) in [6.07, 6.45) is 4.88. The first-order chi connectivity index (χ1) is 17.0. The number of amides is 1. The third kappa shape index (κ3) is 6.55. The Balaban J connectivity index is 1.33. The van der Waals surface area contributed by atoms with Gasteiger partial charge in [-0.05, 0) is 49.6 Å². The van der Waals surface area contributed by atoms with E-state index < -0.39 is 11.1 Å². The third-order valence-corrected chi connectivity index (χ3v) is 6.26. The molecule has 3 aromatic rings. The van der Waals surface area contributed by atoms with Crippen LogP contribution in [0.25, 0.3) is 0 Å². The zero-order valence-electron chi connectivity index (χ0n) is 19.4. The minimum absolute atomic E-state index is 0.0217. The Bertz CT molecular complexity index is 1160. The average Bonchev–Trinajstić information content (AvgIpc) is 2.89. The van der Waals surface area contributed by atoms with Crippen LogP contribution in [0, 0.1) is 0 Å². The summed E-state index contributed by atoms with van der Waals surface area (Å²) in [6, 6.07) is 14.2. The van der Waals surface area contributed by atoms with Crippen LogP contribution < -0.4 is 19.7 Å². The van der Waals surface area contributed by atoms with Crippen molar-refractivity contribution in [3.63, 3.8) is 0 Å². The fourth-order valence-electron chi connectivity index (χ4n) is 3.83. The summed E-state index contributed by atoms with van der Waals surface area (Å²) in [5.74, 6) is 1.73. The number of nitrogens with one attached hydrogen (secondary N) is 1. The second-order valence-corrected chi connectivity index (χ2v) is 9.03. The van der Waals surface area contributed by atoms with E-state index in [1.54, 1.807) is 24.3 Å². The lowest BCUT2D eigenvalue weighted by Crippen LogP contribution is -2.42. The molecule has 184 valence electrons. The fourth-order valence-corrected chi connectivity index (χ4v) is 4.20. The maximum atomic E-state index is 12.5. The SMILES string of the molecule is CCOc1ccccc1OC1CCCN(c2ncc(C(=O)NCc3ccc(S(=O)O)cc3)cn2)C1. The Labute approximate surface area is 206 Å². The van der Waals surface area contributed by atoms with Crippen molar-refractivity contribution in [3.8, 4) is 11.5 Å². The van der Waals surface area contributed by atoms with E-state index in [4.69, 9.17) is 14.0 Å². The van der Waals surface area contributed by atoms with Gasteiger partial charge in [0.25, 0.3) is 5.91 Å². The van der Waals surface area contributed by atoms with Crippen LogP contribution in [0.2, 0.25) is 0 Å². The van der Waals surface area contributed by atoms with Crippen molar-refractivity contribution in [3.05, 3.63) is 72.1 Å². The van der Waals surface area contributed by atoms with Gasteiger partial charge in [0.15, 0.2) is 22.6 Å². The summed E-state index contributed by atoms with van der Waals surface area (Å²) in [6.45, 7) is 4.25. The number of nitrogens with zero attached hydrogens (tertiary/aromatic N) is 3. The molecule has 0 spiro atoms. The molecular weight excluding hydrogens is 468 g/mol. The summed E-state index contributed by atoms with van der Waals surface area (Å²) in [7, 11) is 0. The topological polar surface area (TPSA) is 114 Å². The molecule has 9 nitrogen and oxygen atoms in total. The molecule has 1 amide bonds. The zero-order valence-corrected chi connectivity index (χ0v) is 20.2. The van der Waals surface area contributed by atoms with Crippen LogP contribution in [0.3, 0.4) is 0 Å². The van der Waals surface area contributed by atoms with E-state index in [0.29, 0.717) is 29.6 Å². The van der Waals surface area contributed by atoms with Crippen molar-refractivity contribution in [2.45, 2.75) is 37.3 Å². The molecule has 0 radical (unpaired) electrons. The summed E-state index contributed by atoms with van der Waals surface area (Å²) in [4.78, 5) is 23.7. The Morgan fingerprint density at radius 2 is 1.86 bits per heavy atom. The Morgan fingerprint density at radius 3 is 2.54 bits per heavy atom. The van der Waals surface area contributed by atoms with E-state index in [1.165, 1.54) is 12.4 Å². The highest BCUT2D eigenvalue weighted by Crippen LogP contribution is 2.29. The molecular formula is C25H28N4O5S. The lowest BCUT2D eigenvalue weighted by Gasteiger charge is -2.33. The Morgan fingerprint density at radius 1 is 1.14 bits per heavy atom. The van der Waals surface area contributed by atoms with Gasteiger partial charge >= 0.3 is 0 Å². The van der Waals surface area contributed by atoms with E-state index in [9.17, 15) is 9.00 Å². The molecule has 0 saturated carbocycles. The van der Waals surface area contributed by atoms with Gasteiger partial charge in [0, 0.05) is 25.5 Å². The monoisotopic (exact) mass is 496 g/mol. The molecule has 1 aliphatic rings. The Hall–Kier alpha value is -3.50. The molecule has 2 N–H and O–H groups in total. The van der Waals surface area contributed by atoms with Gasteiger partial charge in [-0.1, -0.05) is 24.3 Å². The molecule has 2 unspecified atom stereocenters. The maximum Gasteiger partial charge on any atom is 0.254 e. The second-order valence-electron chi connectivity index (χ2n) is 8.06. The molecule has 1 fully saturated rings. The van der Waals surface area contributed by atoms with E-state index in [-0.39, 0.29) is 18.6 Å². The molecule has 0 bridgehead atoms. The molecule has 35 heavy (non-hydrogen) atoms. The summed E-state index contributed by atoms with van der Waals surface area (Å²) in [5, 5.41) is 2.81. The molecule has 0 aliphatic carbocycles. The van der Waals surface area contributed by atoms with Gasteiger partial charge in [-0.3, -0.25) is 4.79 Å². The quantitative estimate of drug-likeness (QED) is 0.433. The van der Waals surface area contributed by atoms with Crippen molar-refractivity contribution < 1.29 is 23.0 Å². The summed E-state index contributed by atoms with van der Waals surface area (Å²) < 4.78 is 32.0. The molecule has 10 heteroatoms. The molecule has 1 saturated heterocycles. The second kappa shape index (κ2) is 11.8. The van der Waals surface area contributed by atoms with E-state index in [1.807, 2.05) is 31.2 Å². The van der Waals surface area contributed by atoms with Gasteiger partial charge in [0.2, 0.25) is 5.95 Å². The number of benzene rings is 2. The predicted molar refractivity (Wildman–Crippen MR) is 132 cm³/mol. The first kappa shape index (κ1) is 24.6. The summed E-state index contributed by atoms with van der Waals surface area (Å²) >= 11 is -2.02. The van der Waals surface area contributed by atoms with Crippen LogP contribution in [0.15, 0.2) is 65.8 Å². The summed E-state index contributed by atoms with van der Waals surface area (Å²) in [5.41, 5.74) is 1.17. The van der Waals surface area contributed by atoms with E-state index in [0.717, 1.165) is 36.4 Å². The van der Waals surface area contributed by atoms with Gasteiger partial charge < -0.3 is 24.2 Å². The number of carbonyl (C=O) groups is 1. The molecule has 1 aromatic heterocycles. The standard InChI is InChI=1S/C25H28N4O5S/c1-2-33-22-7-3-4-8-23(22)34-20-6-5-13-29(17-20)25-27-15-19(16-28-25)24(30)26-14-18-9-11-21(12-10-18)35(31)32/h3-4,7-12,15-16,20H,2,5-6,13-14,17H2,1H3,(H,26,30)(H,31,32). The number of aromatic nitrogens is 2. The predicted octanol–water partition coefficient (Wildman–Crippen LogP) is 3.43. The van der Waals surface area contributed by atoms with Crippen molar-refractivity contribution in [2.24, 2.45) is 0 Å². The number of piperidine rings is 1. The number of para-hydroxylation sites is 2. The van der Waals surface area contributed by atoms with Gasteiger partial charge in [-0.2, -0.15) is 0 Å². The molecule has 1 aliphatic heterocycles. The van der Waals surface area contributed by atoms with Crippen molar-refractivity contribution >= 4 is 22.9 Å². The number of carbonyl (C=O) groups excluding carboxylic acids is 1. The van der Waals surface area contributed by atoms with Crippen molar-refractivity contribution in [1.82, 2.24) is 15.3 Å². The van der Waals surface area contributed by atoms with Gasteiger partial charge in [0.05, 0.1) is 23.6 Å². The highest BCUT2D eigenvalue weighted by atomic mass is 32.2. The number of rotatable bonds is 9. The first-order valence-electron chi connectivity index (χ1n) is 11.5. The van der Waals surface area contributed by atoms with E-state index >= 15 is 0 Å². The van der Waals surface area contributed by atoms with Crippen molar-refractivity contribution in [1.29, 1.82) is 0 Å². The Kier molecular flexibility index (Phi) is 8.27. The molecule has 2 aromatic carbocycles. The smallest absolute Gasteiger partial charge is 0.254 e. The highest BCUT2D eigenvalue weighted by molar-refractivity contribution is 7.79. The average molecular weight is 497 g/mol. The minimum atomic E-state index is -2.02. The molecule has 4 rings (SSSR count). The third-order valence-electron chi connectivity index (χ3n) is 5.58. The van der Waals surface area contributed by atoms with Crippen LogP contribution in [-0.4, -0.2) is 50.4 Å². The minimum Gasteiger partial charge on any atom is -0.490 e. The lowest BCUT2D eigenvalue weighted by atomic mass is 10.1. The van der Waals surface area contributed by atoms with Crippen molar-refractivity contribution in [2.75, 3.05) is 24.6 Å². The first-order valence-corrected chi connectivity index (χ1v) is 12.6. The number of hydrogen-bond donors (Lipinski definition) is 2. The van der Waals surface area contributed by atoms with Crippen LogP contribution in [0.1, 0.15) is 35.7 Å². The number of hydrogen-bond acceptors (Lipinski definition) is 7. The van der Waals surface area contributed by atoms with Crippen LogP contribution in [0.4, 0.5) is 5.95 Å². The van der Waals surface area contributed by atoms with Gasteiger partial charge in [-0.15, -0.1) is 0 Å². The lowest BCUT2D eigenvalue weighted by molar-refractivity contribution is 0.0950. The molecule has 2 atom stereocenters. The zero-order chi connectivity index (χ0) is 24.6. The normalized spacial score (nSPS) is 16.4.